The largest absolute Gasteiger partial charge is 0.396 e. The van der Waals surface area contributed by atoms with Gasteiger partial charge in [0, 0.05) is 25.3 Å². The minimum absolute atomic E-state index is 0.0272. The van der Waals surface area contributed by atoms with Crippen molar-refractivity contribution in [3.63, 3.8) is 0 Å². The number of aryl methyl sites for hydroxylation is 2. The molecular formula is C12H20ClN3O2. The number of hydrogen-bond acceptors (Lipinski definition) is 3. The minimum Gasteiger partial charge on any atom is -0.396 e. The summed E-state index contributed by atoms with van der Waals surface area (Å²) in [5.74, 6) is -0.0831. The summed E-state index contributed by atoms with van der Waals surface area (Å²) in [5, 5.41) is 16.5. The van der Waals surface area contributed by atoms with Gasteiger partial charge in [-0.15, -0.1) is 0 Å². The molecule has 1 aromatic heterocycles. The van der Waals surface area contributed by atoms with Crippen molar-refractivity contribution in [1.29, 1.82) is 0 Å². The second-order valence-electron chi connectivity index (χ2n) is 4.67. The summed E-state index contributed by atoms with van der Waals surface area (Å²) < 4.78 is 1.55. The minimum atomic E-state index is -0.110. The molecule has 0 saturated carbocycles. The zero-order valence-electron chi connectivity index (χ0n) is 11.2. The maximum absolute atomic E-state index is 11.9. The Morgan fingerprint density at radius 1 is 1.56 bits per heavy atom. The average molecular weight is 274 g/mol. The number of carbonyl (C=O) groups is 1. The molecule has 0 aromatic carbocycles. The molecule has 0 radical (unpaired) electrons. The summed E-state index contributed by atoms with van der Waals surface area (Å²) in [4.78, 5) is 11.9. The number of aliphatic hydroxyl groups is 1. The molecule has 6 heteroatoms. The smallest absolute Gasteiger partial charge is 0.224 e. The third-order valence-corrected chi connectivity index (χ3v) is 3.61. The highest BCUT2D eigenvalue weighted by Gasteiger charge is 2.18. The highest BCUT2D eigenvalue weighted by Crippen LogP contribution is 2.19. The molecule has 2 unspecified atom stereocenters. The molecule has 0 aliphatic carbocycles. The van der Waals surface area contributed by atoms with E-state index in [4.69, 9.17) is 16.7 Å². The van der Waals surface area contributed by atoms with Crippen molar-refractivity contribution in [3.05, 3.63) is 16.4 Å². The number of amides is 1. The van der Waals surface area contributed by atoms with Crippen LogP contribution in [0.1, 0.15) is 25.1 Å². The number of rotatable bonds is 5. The van der Waals surface area contributed by atoms with Gasteiger partial charge in [0.25, 0.3) is 0 Å². The van der Waals surface area contributed by atoms with Gasteiger partial charge in [0.2, 0.25) is 5.91 Å². The predicted molar refractivity (Wildman–Crippen MR) is 70.5 cm³/mol. The van der Waals surface area contributed by atoms with E-state index in [2.05, 4.69) is 10.4 Å². The molecule has 2 atom stereocenters. The molecule has 102 valence electrons. The first-order valence-electron chi connectivity index (χ1n) is 5.95. The normalized spacial score (nSPS) is 14.3. The monoisotopic (exact) mass is 273 g/mol. The Labute approximate surface area is 112 Å². The molecule has 2 N–H and O–H groups in total. The number of carbonyl (C=O) groups excluding carboxylic acids is 1. The zero-order chi connectivity index (χ0) is 13.9. The van der Waals surface area contributed by atoms with E-state index in [0.29, 0.717) is 5.15 Å². The summed E-state index contributed by atoms with van der Waals surface area (Å²) in [5.41, 5.74) is 1.51. The number of hydrogen-bond donors (Lipinski definition) is 2. The first-order chi connectivity index (χ1) is 8.36. The molecule has 1 heterocycles. The lowest BCUT2D eigenvalue weighted by Gasteiger charge is -2.19. The number of nitrogens with one attached hydrogen (secondary N) is 1. The molecule has 0 spiro atoms. The maximum Gasteiger partial charge on any atom is 0.224 e. The van der Waals surface area contributed by atoms with Gasteiger partial charge in [-0.1, -0.05) is 18.5 Å². The van der Waals surface area contributed by atoms with Crippen LogP contribution in [0.3, 0.4) is 0 Å². The van der Waals surface area contributed by atoms with E-state index in [0.717, 1.165) is 11.3 Å². The third kappa shape index (κ3) is 3.46. The lowest BCUT2D eigenvalue weighted by molar-refractivity contribution is -0.121. The molecule has 1 rings (SSSR count). The van der Waals surface area contributed by atoms with Gasteiger partial charge in [-0.3, -0.25) is 9.48 Å². The van der Waals surface area contributed by atoms with Crippen molar-refractivity contribution >= 4 is 17.5 Å². The first kappa shape index (κ1) is 15.0. The lowest BCUT2D eigenvalue weighted by atomic mass is 10.0. The standard InChI is InChI=1S/C12H20ClN3O2/c1-7(6-17)8(2)14-11(18)5-10-9(3)15-16(4)12(10)13/h7-8,17H,5-6H2,1-4H3,(H,14,18). The van der Waals surface area contributed by atoms with Gasteiger partial charge in [0.1, 0.15) is 5.15 Å². The fourth-order valence-electron chi connectivity index (χ4n) is 1.64. The van der Waals surface area contributed by atoms with Crippen molar-refractivity contribution < 1.29 is 9.90 Å². The summed E-state index contributed by atoms with van der Waals surface area (Å²) in [6, 6.07) is -0.0711. The fourth-order valence-corrected chi connectivity index (χ4v) is 1.88. The molecule has 1 amide bonds. The van der Waals surface area contributed by atoms with Gasteiger partial charge < -0.3 is 10.4 Å². The van der Waals surface area contributed by atoms with E-state index in [1.54, 1.807) is 11.7 Å². The van der Waals surface area contributed by atoms with Crippen LogP contribution in [0.5, 0.6) is 0 Å². The molecule has 18 heavy (non-hydrogen) atoms. The van der Waals surface area contributed by atoms with E-state index in [1.807, 2.05) is 20.8 Å². The van der Waals surface area contributed by atoms with Gasteiger partial charge in [-0.05, 0) is 19.8 Å². The van der Waals surface area contributed by atoms with Crippen molar-refractivity contribution in [2.24, 2.45) is 13.0 Å². The van der Waals surface area contributed by atoms with E-state index in [9.17, 15) is 4.79 Å². The summed E-state index contributed by atoms with van der Waals surface area (Å²) in [7, 11) is 1.74. The molecule has 0 bridgehead atoms. The molecule has 5 nitrogen and oxygen atoms in total. The fraction of sp³-hybridized carbons (Fsp3) is 0.667. The number of aromatic nitrogens is 2. The molecule has 0 saturated heterocycles. The first-order valence-corrected chi connectivity index (χ1v) is 6.32. The highest BCUT2D eigenvalue weighted by molar-refractivity contribution is 6.30. The Bertz CT molecular complexity index is 431. The van der Waals surface area contributed by atoms with E-state index < -0.39 is 0 Å². The number of aliphatic hydroxyl groups excluding tert-OH is 1. The SMILES string of the molecule is Cc1nn(C)c(Cl)c1CC(=O)NC(C)C(C)CO. The van der Waals surface area contributed by atoms with E-state index in [1.165, 1.54) is 0 Å². The van der Waals surface area contributed by atoms with E-state index >= 15 is 0 Å². The van der Waals surface area contributed by atoms with Gasteiger partial charge in [0.05, 0.1) is 12.1 Å². The molecule has 0 aliphatic heterocycles. The number of nitrogens with zero attached hydrogens (tertiary/aromatic N) is 2. The van der Waals surface area contributed by atoms with Crippen LogP contribution in [-0.2, 0) is 18.3 Å². The Morgan fingerprint density at radius 3 is 2.61 bits per heavy atom. The van der Waals surface area contributed by atoms with Crippen LogP contribution in [0.25, 0.3) is 0 Å². The molecular weight excluding hydrogens is 254 g/mol. The highest BCUT2D eigenvalue weighted by atomic mass is 35.5. The quantitative estimate of drug-likeness (QED) is 0.843. The van der Waals surface area contributed by atoms with Crippen LogP contribution in [0.2, 0.25) is 5.15 Å². The summed E-state index contributed by atoms with van der Waals surface area (Å²) in [6.07, 6.45) is 0.209. The second kappa shape index (κ2) is 6.20. The summed E-state index contributed by atoms with van der Waals surface area (Å²) in [6.45, 7) is 5.63. The molecule has 1 aromatic rings. The van der Waals surface area contributed by atoms with Gasteiger partial charge in [-0.2, -0.15) is 5.10 Å². The Kier molecular flexibility index (Phi) is 5.16. The van der Waals surface area contributed by atoms with Gasteiger partial charge >= 0.3 is 0 Å². The Balaban J connectivity index is 2.65. The predicted octanol–water partition coefficient (Wildman–Crippen LogP) is 1.06. The van der Waals surface area contributed by atoms with Gasteiger partial charge in [-0.25, -0.2) is 0 Å². The van der Waals surface area contributed by atoms with Crippen LogP contribution in [0, 0.1) is 12.8 Å². The third-order valence-electron chi connectivity index (χ3n) is 3.14. The van der Waals surface area contributed by atoms with Crippen molar-refractivity contribution in [1.82, 2.24) is 15.1 Å². The average Bonchev–Trinajstić information content (AvgIpc) is 2.54. The van der Waals surface area contributed by atoms with Gasteiger partial charge in [0.15, 0.2) is 0 Å². The van der Waals surface area contributed by atoms with Crippen LogP contribution in [0.15, 0.2) is 0 Å². The van der Waals surface area contributed by atoms with E-state index in [-0.39, 0.29) is 30.9 Å². The zero-order valence-corrected chi connectivity index (χ0v) is 12.0. The lowest BCUT2D eigenvalue weighted by Crippen LogP contribution is -2.39. The van der Waals surface area contributed by atoms with Crippen LogP contribution in [-0.4, -0.2) is 33.4 Å². The topological polar surface area (TPSA) is 67.2 Å². The molecule has 0 fully saturated rings. The molecule has 0 aliphatic rings. The van der Waals surface area contributed by atoms with Crippen LogP contribution in [0.4, 0.5) is 0 Å². The Morgan fingerprint density at radius 2 is 2.17 bits per heavy atom. The second-order valence-corrected chi connectivity index (χ2v) is 5.03. The maximum atomic E-state index is 11.9. The number of halogens is 1. The van der Waals surface area contributed by atoms with Crippen LogP contribution < -0.4 is 5.32 Å². The van der Waals surface area contributed by atoms with Crippen molar-refractivity contribution in [3.8, 4) is 0 Å². The van der Waals surface area contributed by atoms with Crippen molar-refractivity contribution in [2.75, 3.05) is 6.61 Å². The van der Waals surface area contributed by atoms with Crippen molar-refractivity contribution in [2.45, 2.75) is 33.2 Å². The Hall–Kier alpha value is -1.07. The summed E-state index contributed by atoms with van der Waals surface area (Å²) >= 11 is 6.06. The van der Waals surface area contributed by atoms with Crippen LogP contribution >= 0.6 is 11.6 Å².